The topological polar surface area (TPSA) is 72.2 Å². The zero-order chi connectivity index (χ0) is 30.3. The van der Waals surface area contributed by atoms with E-state index in [0.717, 1.165) is 65.0 Å². The Morgan fingerprint density at radius 3 is 2.63 bits per heavy atom. The highest BCUT2D eigenvalue weighted by atomic mass is 16.5. The normalized spacial score (nSPS) is 20.5. The van der Waals surface area contributed by atoms with Crippen molar-refractivity contribution in [2.24, 2.45) is 11.8 Å². The lowest BCUT2D eigenvalue weighted by Gasteiger charge is -2.32. The van der Waals surface area contributed by atoms with E-state index in [1.165, 1.54) is 64.8 Å². The van der Waals surface area contributed by atoms with E-state index in [-0.39, 0.29) is 18.5 Å². The summed E-state index contributed by atoms with van der Waals surface area (Å²) in [5.41, 5.74) is 4.70. The highest BCUT2D eigenvalue weighted by Crippen LogP contribution is 2.37. The molecule has 5 rings (SSSR count). The summed E-state index contributed by atoms with van der Waals surface area (Å²) in [6, 6.07) is 6.01. The number of aromatic nitrogens is 3. The number of imidazole rings is 1. The number of methoxy groups -OCH3 is 1. The summed E-state index contributed by atoms with van der Waals surface area (Å²) in [6.45, 7) is 12.2. The van der Waals surface area contributed by atoms with Crippen LogP contribution in [0.1, 0.15) is 75.9 Å². The Morgan fingerprint density at radius 1 is 1.12 bits per heavy atom. The van der Waals surface area contributed by atoms with Crippen molar-refractivity contribution in [2.75, 3.05) is 46.9 Å². The SMILES string of the molecule is CCC[C@H](C)OC(=O)Cc1ccc(-c2nc(CCC3CCC(CCN4CCN(C)CC4)C3)n3ccnc(C)c23)cc1OC. The van der Waals surface area contributed by atoms with Crippen LogP contribution in [0, 0.1) is 18.8 Å². The fraction of sp³-hybridized carbons (Fsp3) is 0.629. The van der Waals surface area contributed by atoms with Crippen molar-refractivity contribution >= 4 is 11.5 Å². The second-order valence-electron chi connectivity index (χ2n) is 12.9. The van der Waals surface area contributed by atoms with Crippen LogP contribution in [-0.2, 0) is 22.4 Å². The van der Waals surface area contributed by atoms with Crippen LogP contribution >= 0.6 is 0 Å². The maximum Gasteiger partial charge on any atom is 0.310 e. The van der Waals surface area contributed by atoms with E-state index >= 15 is 0 Å². The molecule has 3 heterocycles. The Hall–Kier alpha value is -2.97. The first-order valence-electron chi connectivity index (χ1n) is 16.4. The molecule has 2 fully saturated rings. The minimum Gasteiger partial charge on any atom is -0.496 e. The van der Waals surface area contributed by atoms with Gasteiger partial charge in [0.15, 0.2) is 0 Å². The zero-order valence-electron chi connectivity index (χ0n) is 27.0. The summed E-state index contributed by atoms with van der Waals surface area (Å²) >= 11 is 0. The predicted molar refractivity (Wildman–Crippen MR) is 172 cm³/mol. The minimum atomic E-state index is -0.227. The number of hydrogen-bond acceptors (Lipinski definition) is 7. The van der Waals surface area contributed by atoms with Crippen molar-refractivity contribution < 1.29 is 14.3 Å². The lowest BCUT2D eigenvalue weighted by atomic mass is 9.98. The number of benzene rings is 1. The number of carbonyl (C=O) groups excluding carboxylic acids is 1. The summed E-state index contributed by atoms with van der Waals surface area (Å²) in [5.74, 6) is 3.18. The number of likely N-dealkylation sites (N-methyl/N-ethyl adjacent to an activating group) is 1. The third kappa shape index (κ3) is 7.95. The van der Waals surface area contributed by atoms with Gasteiger partial charge in [-0.05, 0) is 71.0 Å². The van der Waals surface area contributed by atoms with Gasteiger partial charge in [-0.1, -0.05) is 38.3 Å². The van der Waals surface area contributed by atoms with Crippen LogP contribution in [0.3, 0.4) is 0 Å². The zero-order valence-corrected chi connectivity index (χ0v) is 27.0. The van der Waals surface area contributed by atoms with E-state index < -0.39 is 0 Å². The molecule has 8 heteroatoms. The van der Waals surface area contributed by atoms with Gasteiger partial charge in [-0.15, -0.1) is 0 Å². The number of carbonyl (C=O) groups is 1. The van der Waals surface area contributed by atoms with E-state index in [4.69, 9.17) is 14.5 Å². The number of esters is 1. The average molecular weight is 590 g/mol. The Kier molecular flexibility index (Phi) is 10.7. The summed E-state index contributed by atoms with van der Waals surface area (Å²) in [4.78, 5) is 27.4. The molecule has 3 aromatic rings. The van der Waals surface area contributed by atoms with Crippen LogP contribution in [0.4, 0.5) is 0 Å². The molecule has 1 saturated carbocycles. The van der Waals surface area contributed by atoms with Crippen molar-refractivity contribution in [3.05, 3.63) is 47.7 Å². The minimum absolute atomic E-state index is 0.0780. The van der Waals surface area contributed by atoms with E-state index in [2.05, 4.69) is 33.2 Å². The molecule has 2 aliphatic rings. The number of nitrogens with zero attached hydrogens (tertiary/aromatic N) is 5. The lowest BCUT2D eigenvalue weighted by molar-refractivity contribution is -0.147. The Bertz CT molecular complexity index is 1360. The van der Waals surface area contributed by atoms with Crippen molar-refractivity contribution in [1.29, 1.82) is 0 Å². The molecule has 1 aromatic carbocycles. The number of ether oxygens (including phenoxy) is 2. The van der Waals surface area contributed by atoms with Gasteiger partial charge in [0, 0.05) is 56.1 Å². The van der Waals surface area contributed by atoms with Crippen LogP contribution in [0.2, 0.25) is 0 Å². The summed E-state index contributed by atoms with van der Waals surface area (Å²) < 4.78 is 13.5. The molecule has 3 atom stereocenters. The smallest absolute Gasteiger partial charge is 0.310 e. The number of hydrogen-bond donors (Lipinski definition) is 0. The molecular formula is C35H51N5O3. The van der Waals surface area contributed by atoms with Crippen molar-refractivity contribution in [1.82, 2.24) is 24.2 Å². The van der Waals surface area contributed by atoms with Gasteiger partial charge in [-0.2, -0.15) is 0 Å². The first kappa shape index (κ1) is 31.5. The van der Waals surface area contributed by atoms with Crippen LogP contribution in [0.15, 0.2) is 30.6 Å². The van der Waals surface area contributed by atoms with Gasteiger partial charge >= 0.3 is 5.97 Å². The van der Waals surface area contributed by atoms with Gasteiger partial charge < -0.3 is 19.3 Å². The second-order valence-corrected chi connectivity index (χ2v) is 12.9. The van der Waals surface area contributed by atoms with E-state index in [1.54, 1.807) is 7.11 Å². The van der Waals surface area contributed by atoms with Gasteiger partial charge in [0.05, 0.1) is 36.5 Å². The molecule has 0 spiro atoms. The van der Waals surface area contributed by atoms with Crippen molar-refractivity contribution in [2.45, 2.75) is 84.7 Å². The predicted octanol–water partition coefficient (Wildman–Crippen LogP) is 5.97. The molecule has 2 aromatic heterocycles. The Labute approximate surface area is 257 Å². The molecule has 43 heavy (non-hydrogen) atoms. The molecule has 1 aliphatic carbocycles. The van der Waals surface area contributed by atoms with Gasteiger partial charge in [0.1, 0.15) is 11.6 Å². The summed E-state index contributed by atoms with van der Waals surface area (Å²) in [6.07, 6.45) is 13.4. The fourth-order valence-electron chi connectivity index (χ4n) is 7.03. The molecule has 1 aliphatic heterocycles. The molecular weight excluding hydrogens is 538 g/mol. The largest absolute Gasteiger partial charge is 0.496 e. The first-order chi connectivity index (χ1) is 20.8. The van der Waals surface area contributed by atoms with Crippen LogP contribution in [0.5, 0.6) is 5.75 Å². The number of fused-ring (bicyclic) bond motifs is 1. The molecule has 0 radical (unpaired) electrons. The molecule has 1 saturated heterocycles. The quantitative estimate of drug-likeness (QED) is 0.227. The van der Waals surface area contributed by atoms with E-state index in [0.29, 0.717) is 5.75 Å². The summed E-state index contributed by atoms with van der Waals surface area (Å²) in [7, 11) is 3.88. The monoisotopic (exact) mass is 589 g/mol. The maximum absolute atomic E-state index is 12.6. The maximum atomic E-state index is 12.6. The van der Waals surface area contributed by atoms with Gasteiger partial charge in [-0.3, -0.25) is 14.2 Å². The van der Waals surface area contributed by atoms with Crippen LogP contribution < -0.4 is 4.74 Å². The Balaban J connectivity index is 1.25. The molecule has 0 bridgehead atoms. The number of rotatable bonds is 13. The van der Waals surface area contributed by atoms with E-state index in [1.807, 2.05) is 44.4 Å². The van der Waals surface area contributed by atoms with Gasteiger partial charge in [0.25, 0.3) is 0 Å². The van der Waals surface area contributed by atoms with Crippen molar-refractivity contribution in [3.63, 3.8) is 0 Å². The Morgan fingerprint density at radius 2 is 1.88 bits per heavy atom. The third-order valence-corrected chi connectivity index (χ3v) is 9.61. The van der Waals surface area contributed by atoms with E-state index in [9.17, 15) is 4.79 Å². The number of piperazine rings is 1. The van der Waals surface area contributed by atoms with Crippen LogP contribution in [-0.4, -0.2) is 83.1 Å². The number of aryl methyl sites for hydroxylation is 2. The first-order valence-corrected chi connectivity index (χ1v) is 16.4. The molecule has 8 nitrogen and oxygen atoms in total. The highest BCUT2D eigenvalue weighted by Gasteiger charge is 2.26. The van der Waals surface area contributed by atoms with Gasteiger partial charge in [0.2, 0.25) is 0 Å². The molecule has 0 N–H and O–H groups in total. The second kappa shape index (κ2) is 14.7. The summed E-state index contributed by atoms with van der Waals surface area (Å²) in [5, 5.41) is 0. The molecule has 234 valence electrons. The van der Waals surface area contributed by atoms with Crippen molar-refractivity contribution in [3.8, 4) is 17.0 Å². The highest BCUT2D eigenvalue weighted by molar-refractivity contribution is 5.81. The van der Waals surface area contributed by atoms with Crippen LogP contribution in [0.25, 0.3) is 16.8 Å². The molecule has 2 unspecified atom stereocenters. The third-order valence-electron chi connectivity index (χ3n) is 9.61. The molecule has 0 amide bonds. The fourth-order valence-corrected chi connectivity index (χ4v) is 7.03. The average Bonchev–Trinajstić information content (AvgIpc) is 3.61. The standard InChI is InChI=1S/C35H51N5O3/c1-6-7-25(2)43-33(41)24-29-11-12-30(23-31(29)42-5)34-35-26(3)36-15-17-40(35)32(37-34)13-10-27-8-9-28(22-27)14-16-39-20-18-38(4)19-21-39/h11-12,15,17,23,25,27-28H,6-10,13-14,16,18-22,24H2,1-5H3/t25-,27?,28?/m0/s1. The lowest BCUT2D eigenvalue weighted by Crippen LogP contribution is -2.44. The van der Waals surface area contributed by atoms with Gasteiger partial charge in [-0.25, -0.2) is 4.98 Å².